The summed E-state index contributed by atoms with van der Waals surface area (Å²) in [7, 11) is 1.72. The second-order valence-electron chi connectivity index (χ2n) is 5.69. The van der Waals surface area contributed by atoms with Crippen molar-refractivity contribution in [3.8, 4) is 6.07 Å². The van der Waals surface area contributed by atoms with Crippen LogP contribution in [0.5, 0.6) is 0 Å². The van der Waals surface area contributed by atoms with E-state index in [1.165, 1.54) is 0 Å². The standard InChI is InChI=1S/C17H23N3O2/c1-22-10-9-20-8-6-15(13-20)12-19-17(21)16-4-2-3-14(11-16)5-7-18/h2-4,11,15H,5-6,8-10,12-13H2,1H3,(H,19,21)/t15-/m1/s1. The maximum Gasteiger partial charge on any atom is 0.251 e. The van der Waals surface area contributed by atoms with Crippen LogP contribution in [0.2, 0.25) is 0 Å². The highest BCUT2D eigenvalue weighted by Crippen LogP contribution is 2.15. The van der Waals surface area contributed by atoms with E-state index in [0.29, 0.717) is 24.4 Å². The molecule has 1 heterocycles. The molecule has 1 saturated heterocycles. The Bertz CT molecular complexity index is 539. The van der Waals surface area contributed by atoms with Crippen LogP contribution in [-0.2, 0) is 11.2 Å². The molecular formula is C17H23N3O2. The number of carbonyl (C=O) groups excluding carboxylic acids is 1. The lowest BCUT2D eigenvalue weighted by Gasteiger charge is -2.15. The average Bonchev–Trinajstić information content (AvgIpc) is 2.99. The van der Waals surface area contributed by atoms with E-state index in [-0.39, 0.29) is 5.91 Å². The first-order chi connectivity index (χ1) is 10.7. The van der Waals surface area contributed by atoms with E-state index in [2.05, 4.69) is 16.3 Å². The van der Waals surface area contributed by atoms with E-state index < -0.39 is 0 Å². The SMILES string of the molecule is COCCN1CC[C@H](CNC(=O)c2cccc(CC#N)c2)C1. The van der Waals surface area contributed by atoms with Gasteiger partial charge < -0.3 is 15.0 Å². The highest BCUT2D eigenvalue weighted by Gasteiger charge is 2.22. The second-order valence-corrected chi connectivity index (χ2v) is 5.69. The third-order valence-corrected chi connectivity index (χ3v) is 4.01. The lowest BCUT2D eigenvalue weighted by atomic mass is 10.1. The van der Waals surface area contributed by atoms with Crippen LogP contribution in [0.4, 0.5) is 0 Å². The molecule has 0 unspecified atom stereocenters. The zero-order valence-electron chi connectivity index (χ0n) is 13.0. The minimum Gasteiger partial charge on any atom is -0.383 e. The Kier molecular flexibility index (Phi) is 6.38. The van der Waals surface area contributed by atoms with Gasteiger partial charge in [-0.2, -0.15) is 5.26 Å². The van der Waals surface area contributed by atoms with Crippen LogP contribution in [0.15, 0.2) is 24.3 Å². The summed E-state index contributed by atoms with van der Waals surface area (Å²) in [5, 5.41) is 11.7. The highest BCUT2D eigenvalue weighted by atomic mass is 16.5. The average molecular weight is 301 g/mol. The molecule has 0 aliphatic carbocycles. The number of ether oxygens (including phenoxy) is 1. The summed E-state index contributed by atoms with van der Waals surface area (Å²) in [6.45, 7) is 4.49. The minimum absolute atomic E-state index is 0.0601. The Hall–Kier alpha value is -1.90. The van der Waals surface area contributed by atoms with E-state index >= 15 is 0 Å². The number of amides is 1. The molecule has 1 N–H and O–H groups in total. The third kappa shape index (κ3) is 4.83. The monoisotopic (exact) mass is 301 g/mol. The lowest BCUT2D eigenvalue weighted by molar-refractivity contribution is 0.0946. The van der Waals surface area contributed by atoms with Gasteiger partial charge in [0.15, 0.2) is 0 Å². The summed E-state index contributed by atoms with van der Waals surface area (Å²) < 4.78 is 5.09. The first-order valence-corrected chi connectivity index (χ1v) is 7.68. The number of nitrogens with one attached hydrogen (secondary N) is 1. The predicted molar refractivity (Wildman–Crippen MR) is 84.5 cm³/mol. The van der Waals surface area contributed by atoms with E-state index in [9.17, 15) is 4.79 Å². The molecule has 5 heteroatoms. The van der Waals surface area contributed by atoms with Crippen molar-refractivity contribution in [3.63, 3.8) is 0 Å². The second kappa shape index (κ2) is 8.52. The number of benzene rings is 1. The Balaban J connectivity index is 1.78. The van der Waals surface area contributed by atoms with Crippen molar-refractivity contribution in [1.29, 1.82) is 5.26 Å². The smallest absolute Gasteiger partial charge is 0.251 e. The molecule has 0 radical (unpaired) electrons. The molecule has 1 amide bonds. The maximum atomic E-state index is 12.2. The summed E-state index contributed by atoms with van der Waals surface area (Å²) in [6, 6.07) is 9.37. The predicted octanol–water partition coefficient (Wildman–Crippen LogP) is 1.45. The number of nitrogens with zero attached hydrogens (tertiary/aromatic N) is 2. The molecule has 1 atom stereocenters. The van der Waals surface area contributed by atoms with Crippen molar-refractivity contribution in [2.24, 2.45) is 5.92 Å². The summed E-state index contributed by atoms with van der Waals surface area (Å²) in [4.78, 5) is 14.6. The van der Waals surface area contributed by atoms with Crippen LogP contribution in [0.3, 0.4) is 0 Å². The van der Waals surface area contributed by atoms with Crippen molar-refractivity contribution < 1.29 is 9.53 Å². The Morgan fingerprint density at radius 3 is 3.18 bits per heavy atom. The number of hydrogen-bond donors (Lipinski definition) is 1. The number of nitriles is 1. The van der Waals surface area contributed by atoms with Crippen LogP contribution in [0, 0.1) is 17.2 Å². The molecule has 1 aromatic rings. The number of rotatable bonds is 7. The van der Waals surface area contributed by atoms with Crippen LogP contribution < -0.4 is 5.32 Å². The molecule has 2 rings (SSSR count). The molecule has 0 saturated carbocycles. The molecule has 0 aromatic heterocycles. The number of carbonyl (C=O) groups is 1. The van der Waals surface area contributed by atoms with Crippen molar-refractivity contribution in [1.82, 2.24) is 10.2 Å². The fourth-order valence-electron chi connectivity index (χ4n) is 2.76. The number of likely N-dealkylation sites (tertiary alicyclic amines) is 1. The molecule has 1 fully saturated rings. The summed E-state index contributed by atoms with van der Waals surface area (Å²) in [6.07, 6.45) is 1.44. The third-order valence-electron chi connectivity index (χ3n) is 4.01. The van der Waals surface area contributed by atoms with Gasteiger partial charge in [0.2, 0.25) is 0 Å². The van der Waals surface area contributed by atoms with E-state index in [0.717, 1.165) is 38.2 Å². The first kappa shape index (κ1) is 16.5. The van der Waals surface area contributed by atoms with Crippen LogP contribution in [-0.4, -0.2) is 50.7 Å². The van der Waals surface area contributed by atoms with Crippen molar-refractivity contribution in [3.05, 3.63) is 35.4 Å². The molecule has 118 valence electrons. The molecule has 1 aromatic carbocycles. The molecule has 5 nitrogen and oxygen atoms in total. The van der Waals surface area contributed by atoms with Crippen molar-refractivity contribution >= 4 is 5.91 Å². The topological polar surface area (TPSA) is 65.4 Å². The number of methoxy groups -OCH3 is 1. The van der Waals surface area contributed by atoms with Gasteiger partial charge in [0.25, 0.3) is 5.91 Å². The Labute approximate surface area is 131 Å². The molecule has 0 spiro atoms. The van der Waals surface area contributed by atoms with Crippen LogP contribution in [0.1, 0.15) is 22.3 Å². The maximum absolute atomic E-state index is 12.2. The molecule has 1 aliphatic rings. The van der Waals surface area contributed by atoms with Crippen molar-refractivity contribution in [2.45, 2.75) is 12.8 Å². The Morgan fingerprint density at radius 2 is 2.41 bits per heavy atom. The van der Waals surface area contributed by atoms with Gasteiger partial charge in [-0.05, 0) is 36.6 Å². The lowest BCUT2D eigenvalue weighted by Crippen LogP contribution is -2.31. The zero-order valence-corrected chi connectivity index (χ0v) is 13.0. The van der Waals surface area contributed by atoms with Gasteiger partial charge >= 0.3 is 0 Å². The summed E-state index contributed by atoms with van der Waals surface area (Å²) >= 11 is 0. The molecule has 0 bridgehead atoms. The van der Waals surface area contributed by atoms with Gasteiger partial charge in [0, 0.05) is 32.3 Å². The van der Waals surface area contributed by atoms with Gasteiger partial charge in [-0.25, -0.2) is 0 Å². The largest absolute Gasteiger partial charge is 0.383 e. The Morgan fingerprint density at radius 1 is 1.55 bits per heavy atom. The van der Waals surface area contributed by atoms with E-state index in [1.807, 2.05) is 12.1 Å². The normalized spacial score (nSPS) is 18.1. The van der Waals surface area contributed by atoms with Gasteiger partial charge in [-0.15, -0.1) is 0 Å². The van der Waals surface area contributed by atoms with E-state index in [1.54, 1.807) is 19.2 Å². The number of hydrogen-bond acceptors (Lipinski definition) is 4. The van der Waals surface area contributed by atoms with Gasteiger partial charge in [-0.3, -0.25) is 4.79 Å². The van der Waals surface area contributed by atoms with Crippen LogP contribution >= 0.6 is 0 Å². The molecule has 1 aliphatic heterocycles. The quantitative estimate of drug-likeness (QED) is 0.828. The van der Waals surface area contributed by atoms with Gasteiger partial charge in [0.05, 0.1) is 19.1 Å². The van der Waals surface area contributed by atoms with Crippen LogP contribution in [0.25, 0.3) is 0 Å². The van der Waals surface area contributed by atoms with Gasteiger partial charge in [0.1, 0.15) is 0 Å². The van der Waals surface area contributed by atoms with E-state index in [4.69, 9.17) is 10.00 Å². The summed E-state index contributed by atoms with van der Waals surface area (Å²) in [5.74, 6) is 0.443. The fraction of sp³-hybridized carbons (Fsp3) is 0.529. The highest BCUT2D eigenvalue weighted by molar-refractivity contribution is 5.94. The summed E-state index contributed by atoms with van der Waals surface area (Å²) in [5.41, 5.74) is 1.50. The molecular weight excluding hydrogens is 278 g/mol. The zero-order chi connectivity index (χ0) is 15.8. The fourth-order valence-corrected chi connectivity index (χ4v) is 2.76. The molecule has 22 heavy (non-hydrogen) atoms. The van der Waals surface area contributed by atoms with Crippen molar-refractivity contribution in [2.75, 3.05) is 39.9 Å². The first-order valence-electron chi connectivity index (χ1n) is 7.68. The van der Waals surface area contributed by atoms with Gasteiger partial charge in [-0.1, -0.05) is 12.1 Å². The minimum atomic E-state index is -0.0601.